The number of pyridine rings is 1. The molecule has 1 fully saturated rings. The normalized spacial score (nSPS) is 17.1. The number of nitrogens with zero attached hydrogens (tertiary/aromatic N) is 6. The molecule has 0 atom stereocenters. The zero-order valence-electron chi connectivity index (χ0n) is 14.0. The van der Waals surface area contributed by atoms with Crippen molar-refractivity contribution in [1.82, 2.24) is 29.0 Å². The lowest BCUT2D eigenvalue weighted by Gasteiger charge is -2.38. The van der Waals surface area contributed by atoms with Crippen LogP contribution in [-0.4, -0.2) is 58.7 Å². The molecule has 4 rings (SSSR count). The number of aryl methyl sites for hydroxylation is 1. The van der Waals surface area contributed by atoms with Crippen molar-refractivity contribution < 1.29 is 9.90 Å². The summed E-state index contributed by atoms with van der Waals surface area (Å²) in [5.41, 5.74) is 1.19. The molecule has 1 aliphatic rings. The number of carbonyl (C=O) groups excluding carboxylic acids is 1. The molecule has 0 saturated carbocycles. The molecule has 0 bridgehead atoms. The molecule has 0 aliphatic carbocycles. The Bertz CT molecular complexity index is 893. The van der Waals surface area contributed by atoms with E-state index in [1.54, 1.807) is 36.0 Å². The van der Waals surface area contributed by atoms with E-state index in [1.165, 1.54) is 0 Å². The highest BCUT2D eigenvalue weighted by molar-refractivity contribution is 5.96. The van der Waals surface area contributed by atoms with E-state index in [1.807, 2.05) is 22.4 Å². The van der Waals surface area contributed by atoms with Crippen molar-refractivity contribution in [3.63, 3.8) is 0 Å². The maximum absolute atomic E-state index is 12.7. The molecule has 0 aromatic carbocycles. The minimum absolute atomic E-state index is 0.0651. The minimum atomic E-state index is -0.805. The van der Waals surface area contributed by atoms with Crippen molar-refractivity contribution in [3.05, 3.63) is 42.9 Å². The number of amides is 1. The molecular weight excluding hydrogens is 320 g/mol. The van der Waals surface area contributed by atoms with E-state index in [-0.39, 0.29) is 5.91 Å². The van der Waals surface area contributed by atoms with Crippen LogP contribution in [-0.2, 0) is 13.6 Å². The van der Waals surface area contributed by atoms with Gasteiger partial charge in [0.15, 0.2) is 5.65 Å². The van der Waals surface area contributed by atoms with Gasteiger partial charge in [0.05, 0.1) is 30.4 Å². The molecule has 3 aromatic rings. The van der Waals surface area contributed by atoms with Crippen LogP contribution in [0.15, 0.2) is 37.3 Å². The Labute approximate surface area is 144 Å². The monoisotopic (exact) mass is 340 g/mol. The van der Waals surface area contributed by atoms with Crippen molar-refractivity contribution >= 4 is 17.1 Å². The van der Waals surface area contributed by atoms with Gasteiger partial charge in [-0.15, -0.1) is 0 Å². The second kappa shape index (κ2) is 5.96. The van der Waals surface area contributed by atoms with Gasteiger partial charge in [0.1, 0.15) is 5.52 Å². The van der Waals surface area contributed by atoms with Gasteiger partial charge in [-0.1, -0.05) is 0 Å². The molecule has 130 valence electrons. The summed E-state index contributed by atoms with van der Waals surface area (Å²) in [4.78, 5) is 27.1. The van der Waals surface area contributed by atoms with Crippen LogP contribution in [0, 0.1) is 0 Å². The van der Waals surface area contributed by atoms with Crippen LogP contribution >= 0.6 is 0 Å². The predicted octanol–water partition coefficient (Wildman–Crippen LogP) is 0.832. The van der Waals surface area contributed by atoms with Crippen LogP contribution in [0.1, 0.15) is 23.2 Å². The maximum Gasteiger partial charge on any atom is 0.255 e. The molecule has 1 N–H and O–H groups in total. The van der Waals surface area contributed by atoms with E-state index in [0.717, 1.165) is 5.65 Å². The molecule has 8 nitrogen and oxygen atoms in total. The summed E-state index contributed by atoms with van der Waals surface area (Å²) in [5, 5.41) is 10.7. The molecule has 0 unspecified atom stereocenters. The number of hydrogen-bond donors (Lipinski definition) is 1. The van der Waals surface area contributed by atoms with Gasteiger partial charge in [0.25, 0.3) is 5.91 Å². The Balaban J connectivity index is 1.45. The topological polar surface area (TPSA) is 89.1 Å². The van der Waals surface area contributed by atoms with E-state index in [9.17, 15) is 9.90 Å². The summed E-state index contributed by atoms with van der Waals surface area (Å²) in [6, 6.07) is 1.77. The van der Waals surface area contributed by atoms with Gasteiger partial charge in [0, 0.05) is 38.7 Å². The summed E-state index contributed by atoms with van der Waals surface area (Å²) in [5.74, 6) is -0.0651. The van der Waals surface area contributed by atoms with Crippen LogP contribution in [0.3, 0.4) is 0 Å². The lowest BCUT2D eigenvalue weighted by Crippen LogP contribution is -2.48. The zero-order valence-corrected chi connectivity index (χ0v) is 14.0. The summed E-state index contributed by atoms with van der Waals surface area (Å²) in [7, 11) is 1.87. The van der Waals surface area contributed by atoms with Crippen LogP contribution in [0.2, 0.25) is 0 Å². The van der Waals surface area contributed by atoms with Gasteiger partial charge >= 0.3 is 0 Å². The first-order chi connectivity index (χ1) is 12.0. The van der Waals surface area contributed by atoms with E-state index in [0.29, 0.717) is 43.6 Å². The Morgan fingerprint density at radius 2 is 2.08 bits per heavy atom. The van der Waals surface area contributed by atoms with Gasteiger partial charge in [-0.2, -0.15) is 0 Å². The zero-order chi connectivity index (χ0) is 17.4. The fourth-order valence-corrected chi connectivity index (χ4v) is 3.32. The number of fused-ring (bicyclic) bond motifs is 1. The molecule has 0 radical (unpaired) electrons. The molecule has 3 aromatic heterocycles. The third-order valence-electron chi connectivity index (χ3n) is 4.82. The molecule has 4 heterocycles. The number of likely N-dealkylation sites (tertiary alicyclic amines) is 1. The second-order valence-electron chi connectivity index (χ2n) is 6.67. The number of piperidine rings is 1. The fraction of sp³-hybridized carbons (Fsp3) is 0.412. The van der Waals surface area contributed by atoms with E-state index in [4.69, 9.17) is 0 Å². The third kappa shape index (κ3) is 3.00. The predicted molar refractivity (Wildman–Crippen MR) is 90.8 cm³/mol. The molecule has 1 aliphatic heterocycles. The van der Waals surface area contributed by atoms with Gasteiger partial charge in [-0.25, -0.2) is 15.0 Å². The number of carbonyl (C=O) groups is 1. The Morgan fingerprint density at radius 3 is 2.80 bits per heavy atom. The SMILES string of the molecule is Cn1cnc2cc(C(=O)N3CCC(O)(Cn4ccnc4)CC3)cnc21. The fourth-order valence-electron chi connectivity index (χ4n) is 3.32. The molecule has 1 saturated heterocycles. The summed E-state index contributed by atoms with van der Waals surface area (Å²) in [6.07, 6.45) is 9.59. The highest BCUT2D eigenvalue weighted by Crippen LogP contribution is 2.25. The maximum atomic E-state index is 12.7. The number of rotatable bonds is 3. The van der Waals surface area contributed by atoms with E-state index < -0.39 is 5.60 Å². The van der Waals surface area contributed by atoms with Gasteiger partial charge in [-0.3, -0.25) is 4.79 Å². The number of imidazole rings is 2. The summed E-state index contributed by atoms with van der Waals surface area (Å²) >= 11 is 0. The Kier molecular flexibility index (Phi) is 3.76. The van der Waals surface area contributed by atoms with Crippen molar-refractivity contribution in [2.24, 2.45) is 7.05 Å². The largest absolute Gasteiger partial charge is 0.388 e. The average molecular weight is 340 g/mol. The lowest BCUT2D eigenvalue weighted by atomic mass is 9.91. The van der Waals surface area contributed by atoms with Gasteiger partial charge < -0.3 is 19.1 Å². The molecule has 1 amide bonds. The summed E-state index contributed by atoms with van der Waals surface area (Å²) in [6.45, 7) is 1.53. The molecule has 25 heavy (non-hydrogen) atoms. The van der Waals surface area contributed by atoms with Crippen molar-refractivity contribution in [2.45, 2.75) is 25.0 Å². The number of hydrogen-bond acceptors (Lipinski definition) is 5. The molecule has 8 heteroatoms. The first-order valence-corrected chi connectivity index (χ1v) is 8.29. The molecular formula is C17H20N6O2. The van der Waals surface area contributed by atoms with E-state index >= 15 is 0 Å². The third-order valence-corrected chi connectivity index (χ3v) is 4.82. The van der Waals surface area contributed by atoms with Crippen molar-refractivity contribution in [3.8, 4) is 0 Å². The van der Waals surface area contributed by atoms with E-state index in [2.05, 4.69) is 15.0 Å². The molecule has 0 spiro atoms. The van der Waals surface area contributed by atoms with Crippen LogP contribution < -0.4 is 0 Å². The van der Waals surface area contributed by atoms with Crippen LogP contribution in [0.4, 0.5) is 0 Å². The quantitative estimate of drug-likeness (QED) is 0.763. The number of aliphatic hydroxyl groups is 1. The first-order valence-electron chi connectivity index (χ1n) is 8.29. The highest BCUT2D eigenvalue weighted by Gasteiger charge is 2.34. The highest BCUT2D eigenvalue weighted by atomic mass is 16.3. The van der Waals surface area contributed by atoms with Crippen LogP contribution in [0.25, 0.3) is 11.2 Å². The minimum Gasteiger partial charge on any atom is -0.388 e. The number of aromatic nitrogens is 5. The smallest absolute Gasteiger partial charge is 0.255 e. The van der Waals surface area contributed by atoms with Gasteiger partial charge in [-0.05, 0) is 18.9 Å². The Hall–Kier alpha value is -2.74. The lowest BCUT2D eigenvalue weighted by molar-refractivity contribution is -0.0292. The first kappa shape index (κ1) is 15.8. The van der Waals surface area contributed by atoms with Crippen molar-refractivity contribution in [1.29, 1.82) is 0 Å². The van der Waals surface area contributed by atoms with Crippen molar-refractivity contribution in [2.75, 3.05) is 13.1 Å². The Morgan fingerprint density at radius 1 is 1.28 bits per heavy atom. The second-order valence-corrected chi connectivity index (χ2v) is 6.67. The summed E-state index contributed by atoms with van der Waals surface area (Å²) < 4.78 is 3.69. The van der Waals surface area contributed by atoms with Crippen LogP contribution in [0.5, 0.6) is 0 Å². The van der Waals surface area contributed by atoms with Gasteiger partial charge in [0.2, 0.25) is 0 Å². The standard InChI is InChI=1S/C17H20N6O2/c1-21-12-20-14-8-13(9-19-15(14)21)16(24)23-5-2-17(25,3-6-23)10-22-7-4-18-11-22/h4,7-9,11-12,25H,2-3,5-6,10H2,1H3. The average Bonchev–Trinajstić information content (AvgIpc) is 3.24.